The smallest absolute Gasteiger partial charge is 0.116 e. The molecule has 0 aliphatic heterocycles. The van der Waals surface area contributed by atoms with E-state index in [0.717, 1.165) is 0 Å². The molecule has 1 aromatic heterocycles. The Balaban J connectivity index is 2.52. The minimum Gasteiger partial charge on any atom is -0.508 e. The Kier molecular flexibility index (Phi) is 2.27. The van der Waals surface area contributed by atoms with Gasteiger partial charge in [-0.05, 0) is 30.3 Å². The molecule has 1 N–H and O–H groups in total. The highest BCUT2D eigenvalue weighted by molar-refractivity contribution is 6.05. The molecule has 2 aromatic carbocycles. The van der Waals surface area contributed by atoms with Crippen molar-refractivity contribution in [3.8, 4) is 17.9 Å². The van der Waals surface area contributed by atoms with Gasteiger partial charge < -0.3 is 5.11 Å². The highest BCUT2D eigenvalue weighted by Gasteiger charge is 2.09. The second-order valence-corrected chi connectivity index (χ2v) is 4.04. The average Bonchev–Trinajstić information content (AvgIpc) is 2.45. The zero-order valence-corrected chi connectivity index (χ0v) is 9.62. The molecule has 5 heteroatoms. The molecule has 0 fully saturated rings. The third-order valence-corrected chi connectivity index (χ3v) is 2.91. The van der Waals surface area contributed by atoms with E-state index in [1.165, 1.54) is 12.1 Å². The van der Waals surface area contributed by atoms with Crippen molar-refractivity contribution in [3.05, 3.63) is 41.5 Å². The van der Waals surface area contributed by atoms with Crippen LogP contribution in [0.3, 0.4) is 0 Å². The molecule has 0 aliphatic carbocycles. The van der Waals surface area contributed by atoms with Crippen LogP contribution in [0.5, 0.6) is 5.75 Å². The van der Waals surface area contributed by atoms with Crippen LogP contribution in [0.1, 0.15) is 11.1 Å². The summed E-state index contributed by atoms with van der Waals surface area (Å²) < 4.78 is 0. The van der Waals surface area contributed by atoms with Crippen LogP contribution in [0.15, 0.2) is 30.3 Å². The molecular weight excluding hydrogens is 240 g/mol. The van der Waals surface area contributed by atoms with Crippen molar-refractivity contribution in [2.24, 2.45) is 0 Å². The highest BCUT2D eigenvalue weighted by atomic mass is 16.3. The van der Waals surface area contributed by atoms with Gasteiger partial charge in [0.1, 0.15) is 17.9 Å². The van der Waals surface area contributed by atoms with Crippen LogP contribution in [-0.2, 0) is 0 Å². The molecule has 3 rings (SSSR count). The predicted octanol–water partition coefficient (Wildman–Crippen LogP) is 2.23. The highest BCUT2D eigenvalue weighted by Crippen LogP contribution is 2.27. The maximum atomic E-state index is 9.55. The van der Waals surface area contributed by atoms with E-state index in [-0.39, 0.29) is 16.9 Å². The van der Waals surface area contributed by atoms with Gasteiger partial charge in [-0.15, -0.1) is 10.2 Å². The molecule has 0 unspecified atom stereocenters. The third-order valence-electron chi connectivity index (χ3n) is 2.91. The van der Waals surface area contributed by atoms with Gasteiger partial charge in [-0.25, -0.2) is 0 Å². The minimum absolute atomic E-state index is 0.115. The summed E-state index contributed by atoms with van der Waals surface area (Å²) in [6, 6.07) is 11.8. The summed E-state index contributed by atoms with van der Waals surface area (Å²) in [6.07, 6.45) is 0. The average molecular weight is 246 g/mol. The fraction of sp³-hybridized carbons (Fsp3) is 0. The Morgan fingerprint density at radius 2 is 1.47 bits per heavy atom. The number of aromatic nitrogens is 2. The van der Waals surface area contributed by atoms with Crippen molar-refractivity contribution in [1.29, 1.82) is 10.5 Å². The lowest BCUT2D eigenvalue weighted by molar-refractivity contribution is 0.476. The summed E-state index contributed by atoms with van der Waals surface area (Å²) in [7, 11) is 0. The van der Waals surface area contributed by atoms with Crippen LogP contribution in [0, 0.1) is 22.7 Å². The normalized spacial score (nSPS) is 10.2. The first-order valence-electron chi connectivity index (χ1n) is 5.46. The van der Waals surface area contributed by atoms with Gasteiger partial charge in [-0.2, -0.15) is 10.5 Å². The van der Waals surface area contributed by atoms with Gasteiger partial charge in [-0.3, -0.25) is 0 Å². The number of hydrogen-bond acceptors (Lipinski definition) is 5. The van der Waals surface area contributed by atoms with Gasteiger partial charge in [0.15, 0.2) is 0 Å². The summed E-state index contributed by atoms with van der Waals surface area (Å²) in [4.78, 5) is 0. The quantitative estimate of drug-likeness (QED) is 0.614. The number of hydrogen-bond donors (Lipinski definition) is 1. The van der Waals surface area contributed by atoms with E-state index in [4.69, 9.17) is 10.5 Å². The number of fused-ring (bicyclic) bond motifs is 3. The van der Waals surface area contributed by atoms with Gasteiger partial charge in [0.05, 0.1) is 22.2 Å². The molecule has 5 nitrogen and oxygen atoms in total. The number of phenolic OH excluding ortho intramolecular Hbond substituents is 1. The summed E-state index contributed by atoms with van der Waals surface area (Å²) in [5.41, 5.74) is 1.70. The van der Waals surface area contributed by atoms with Crippen LogP contribution in [0.25, 0.3) is 21.8 Å². The molecular formula is C14H6N4O. The number of rotatable bonds is 0. The van der Waals surface area contributed by atoms with Crippen LogP contribution in [-0.4, -0.2) is 15.3 Å². The lowest BCUT2D eigenvalue weighted by Gasteiger charge is -2.04. The molecule has 3 aromatic rings. The van der Waals surface area contributed by atoms with Gasteiger partial charge in [-0.1, -0.05) is 0 Å². The number of benzene rings is 2. The Hall–Kier alpha value is -3.18. The maximum absolute atomic E-state index is 9.55. The molecule has 0 saturated heterocycles. The molecule has 0 atom stereocenters. The van der Waals surface area contributed by atoms with E-state index in [1.807, 2.05) is 12.1 Å². The molecule has 0 spiro atoms. The Morgan fingerprint density at radius 3 is 2.21 bits per heavy atom. The number of nitrogens with zero attached hydrogens (tertiary/aromatic N) is 4. The standard InChI is InChI=1S/C14H6N4O/c15-6-8-3-11-12-5-10(19)1-2-13(12)17-18-14(11)4-9(8)7-16/h1-5,19H. The second kappa shape index (κ2) is 3.94. The first-order valence-corrected chi connectivity index (χ1v) is 5.46. The number of aromatic hydroxyl groups is 1. The summed E-state index contributed by atoms with van der Waals surface area (Å²) in [6.45, 7) is 0. The zero-order chi connectivity index (χ0) is 13.4. The van der Waals surface area contributed by atoms with E-state index < -0.39 is 0 Å². The van der Waals surface area contributed by atoms with Crippen molar-refractivity contribution < 1.29 is 5.11 Å². The molecule has 0 aliphatic rings. The van der Waals surface area contributed by atoms with Crippen molar-refractivity contribution in [3.63, 3.8) is 0 Å². The molecule has 1 heterocycles. The van der Waals surface area contributed by atoms with Gasteiger partial charge >= 0.3 is 0 Å². The van der Waals surface area contributed by atoms with Gasteiger partial charge in [0.2, 0.25) is 0 Å². The Bertz CT molecular complexity index is 903. The van der Waals surface area contributed by atoms with E-state index in [9.17, 15) is 5.11 Å². The number of phenols is 1. The lowest BCUT2D eigenvalue weighted by atomic mass is 10.0. The first kappa shape index (κ1) is 10.9. The van der Waals surface area contributed by atoms with Crippen molar-refractivity contribution in [1.82, 2.24) is 10.2 Å². The molecule has 88 valence electrons. The van der Waals surface area contributed by atoms with E-state index in [0.29, 0.717) is 21.8 Å². The van der Waals surface area contributed by atoms with Crippen molar-refractivity contribution >= 4 is 21.8 Å². The van der Waals surface area contributed by atoms with Crippen molar-refractivity contribution in [2.75, 3.05) is 0 Å². The fourth-order valence-corrected chi connectivity index (χ4v) is 2.01. The molecule has 19 heavy (non-hydrogen) atoms. The van der Waals surface area contributed by atoms with Crippen LogP contribution in [0.4, 0.5) is 0 Å². The predicted molar refractivity (Wildman–Crippen MR) is 68.1 cm³/mol. The second-order valence-electron chi connectivity index (χ2n) is 4.04. The topological polar surface area (TPSA) is 93.6 Å². The van der Waals surface area contributed by atoms with Crippen LogP contribution < -0.4 is 0 Å². The SMILES string of the molecule is N#Cc1cc2nnc3ccc(O)cc3c2cc1C#N. The molecule has 0 amide bonds. The van der Waals surface area contributed by atoms with E-state index in [2.05, 4.69) is 10.2 Å². The zero-order valence-electron chi connectivity index (χ0n) is 9.62. The monoisotopic (exact) mass is 246 g/mol. The lowest BCUT2D eigenvalue weighted by Crippen LogP contribution is -1.91. The first-order chi connectivity index (χ1) is 9.22. The molecule has 0 bridgehead atoms. The molecule has 0 radical (unpaired) electrons. The van der Waals surface area contributed by atoms with Gasteiger partial charge in [0.25, 0.3) is 0 Å². The largest absolute Gasteiger partial charge is 0.508 e. The summed E-state index contributed by atoms with van der Waals surface area (Å²) >= 11 is 0. The van der Waals surface area contributed by atoms with Crippen LogP contribution in [0.2, 0.25) is 0 Å². The molecule has 0 saturated carbocycles. The summed E-state index contributed by atoms with van der Waals surface area (Å²) in [5, 5.41) is 37.0. The van der Waals surface area contributed by atoms with E-state index in [1.54, 1.807) is 18.2 Å². The minimum atomic E-state index is 0.115. The number of nitriles is 2. The Labute approximate surface area is 108 Å². The Morgan fingerprint density at radius 1 is 0.842 bits per heavy atom. The summed E-state index contributed by atoms with van der Waals surface area (Å²) in [5.74, 6) is 0.115. The van der Waals surface area contributed by atoms with Crippen LogP contribution >= 0.6 is 0 Å². The van der Waals surface area contributed by atoms with Crippen molar-refractivity contribution in [2.45, 2.75) is 0 Å². The maximum Gasteiger partial charge on any atom is 0.116 e. The van der Waals surface area contributed by atoms with E-state index >= 15 is 0 Å². The third kappa shape index (κ3) is 1.62. The van der Waals surface area contributed by atoms with Gasteiger partial charge in [0, 0.05) is 10.8 Å². The fourth-order valence-electron chi connectivity index (χ4n) is 2.01.